The molecule has 1 unspecified atom stereocenters. The third-order valence-electron chi connectivity index (χ3n) is 4.36. The number of aryl methyl sites for hydroxylation is 1. The van der Waals surface area contributed by atoms with E-state index in [2.05, 4.69) is 30.0 Å². The fourth-order valence-electron chi connectivity index (χ4n) is 3.16. The Bertz CT molecular complexity index is 422. The zero-order valence-electron chi connectivity index (χ0n) is 11.6. The summed E-state index contributed by atoms with van der Waals surface area (Å²) in [6.45, 7) is 2.03. The summed E-state index contributed by atoms with van der Waals surface area (Å²) in [5, 5.41) is 0. The summed E-state index contributed by atoms with van der Waals surface area (Å²) in [5.41, 5.74) is 14.7. The molecule has 0 amide bonds. The lowest BCUT2D eigenvalue weighted by Crippen LogP contribution is -2.50. The fourth-order valence-corrected chi connectivity index (χ4v) is 3.16. The zero-order chi connectivity index (χ0) is 13.3. The van der Waals surface area contributed by atoms with Crippen molar-refractivity contribution in [1.82, 2.24) is 9.88 Å². The van der Waals surface area contributed by atoms with Crippen LogP contribution in [0.5, 0.6) is 0 Å². The second-order valence-corrected chi connectivity index (χ2v) is 5.67. The number of pyridine rings is 1. The number of nitrogens with zero attached hydrogens (tertiary/aromatic N) is 2. The predicted octanol–water partition coefficient (Wildman–Crippen LogP) is 1.85. The molecule has 1 aliphatic carbocycles. The van der Waals surface area contributed by atoms with Gasteiger partial charge in [0.05, 0.1) is 6.04 Å². The van der Waals surface area contributed by atoms with Crippen molar-refractivity contribution in [3.63, 3.8) is 0 Å². The lowest BCUT2D eigenvalue weighted by Gasteiger charge is -2.42. The smallest absolute Gasteiger partial charge is 0.128 e. The number of hydrogen-bond donors (Lipinski definition) is 2. The molecule has 1 aromatic rings. The van der Waals surface area contributed by atoms with E-state index in [1.807, 2.05) is 6.92 Å². The Morgan fingerprint density at radius 1 is 1.33 bits per heavy atom. The average molecular weight is 248 g/mol. The minimum atomic E-state index is -0.0672. The molecule has 1 saturated carbocycles. The van der Waals surface area contributed by atoms with Gasteiger partial charge in [0.25, 0.3) is 0 Å². The van der Waals surface area contributed by atoms with E-state index >= 15 is 0 Å². The molecule has 0 aliphatic heterocycles. The summed E-state index contributed by atoms with van der Waals surface area (Å²) in [7, 11) is 4.23. The number of rotatable bonds is 3. The van der Waals surface area contributed by atoms with Crippen molar-refractivity contribution in [3.05, 3.63) is 23.4 Å². The lowest BCUT2D eigenvalue weighted by atomic mass is 9.83. The zero-order valence-corrected chi connectivity index (χ0v) is 11.6. The predicted molar refractivity (Wildman–Crippen MR) is 75.2 cm³/mol. The van der Waals surface area contributed by atoms with Crippen LogP contribution in [0.1, 0.15) is 42.9 Å². The van der Waals surface area contributed by atoms with Crippen molar-refractivity contribution in [2.24, 2.45) is 5.73 Å². The van der Waals surface area contributed by atoms with Crippen LogP contribution < -0.4 is 11.5 Å². The molecule has 4 heteroatoms. The Balaban J connectivity index is 2.39. The van der Waals surface area contributed by atoms with E-state index in [1.54, 1.807) is 6.20 Å². The highest BCUT2D eigenvalue weighted by atomic mass is 15.2. The molecule has 18 heavy (non-hydrogen) atoms. The maximum Gasteiger partial charge on any atom is 0.128 e. The average Bonchev–Trinajstić information content (AvgIpc) is 2.82. The first-order valence-electron chi connectivity index (χ1n) is 6.62. The minimum absolute atomic E-state index is 0.0313. The first kappa shape index (κ1) is 13.3. The maximum atomic E-state index is 6.54. The Morgan fingerprint density at radius 3 is 2.50 bits per heavy atom. The monoisotopic (exact) mass is 248 g/mol. The van der Waals surface area contributed by atoms with Crippen molar-refractivity contribution < 1.29 is 0 Å². The Hall–Kier alpha value is -1.13. The van der Waals surface area contributed by atoms with Crippen LogP contribution in [-0.4, -0.2) is 29.5 Å². The number of anilines is 1. The van der Waals surface area contributed by atoms with Crippen molar-refractivity contribution in [2.75, 3.05) is 19.8 Å². The van der Waals surface area contributed by atoms with Gasteiger partial charge in [-0.25, -0.2) is 4.98 Å². The molecule has 0 bridgehead atoms. The van der Waals surface area contributed by atoms with E-state index in [0.29, 0.717) is 5.82 Å². The van der Waals surface area contributed by atoms with Crippen molar-refractivity contribution in [3.8, 4) is 0 Å². The van der Waals surface area contributed by atoms with Gasteiger partial charge in [-0.2, -0.15) is 0 Å². The van der Waals surface area contributed by atoms with E-state index in [-0.39, 0.29) is 11.6 Å². The number of aromatic nitrogens is 1. The van der Waals surface area contributed by atoms with E-state index in [1.165, 1.54) is 12.8 Å². The fraction of sp³-hybridized carbons (Fsp3) is 0.643. The normalized spacial score (nSPS) is 20.3. The highest BCUT2D eigenvalue weighted by molar-refractivity contribution is 5.44. The van der Waals surface area contributed by atoms with Crippen LogP contribution in [0.25, 0.3) is 0 Å². The third kappa shape index (κ3) is 2.10. The van der Waals surface area contributed by atoms with E-state index in [0.717, 1.165) is 24.0 Å². The number of hydrogen-bond acceptors (Lipinski definition) is 4. The molecule has 100 valence electrons. The molecule has 4 N–H and O–H groups in total. The maximum absolute atomic E-state index is 6.54. The molecule has 0 spiro atoms. The van der Waals surface area contributed by atoms with Gasteiger partial charge in [0, 0.05) is 17.3 Å². The van der Waals surface area contributed by atoms with Gasteiger partial charge < -0.3 is 16.4 Å². The Morgan fingerprint density at radius 2 is 1.94 bits per heavy atom. The number of nitrogens with two attached hydrogens (primary N) is 2. The molecule has 1 atom stereocenters. The standard InChI is InChI=1S/C14H24N4/c1-10-8-11(13(16)17-9-10)12(15)14(18(2)3)6-4-5-7-14/h8-9,12H,4-7,15H2,1-3H3,(H2,16,17). The molecular formula is C14H24N4. The molecule has 0 aromatic carbocycles. The molecule has 1 aromatic heterocycles. The summed E-state index contributed by atoms with van der Waals surface area (Å²) in [6.07, 6.45) is 6.54. The second kappa shape index (κ2) is 4.86. The molecular weight excluding hydrogens is 224 g/mol. The van der Waals surface area contributed by atoms with Crippen LogP contribution >= 0.6 is 0 Å². The van der Waals surface area contributed by atoms with Gasteiger partial charge in [-0.05, 0) is 45.5 Å². The van der Waals surface area contributed by atoms with Crippen LogP contribution in [0.15, 0.2) is 12.3 Å². The summed E-state index contributed by atoms with van der Waals surface area (Å²) in [5.74, 6) is 0.571. The van der Waals surface area contributed by atoms with Gasteiger partial charge in [-0.1, -0.05) is 12.8 Å². The van der Waals surface area contributed by atoms with Gasteiger partial charge in [0.15, 0.2) is 0 Å². The van der Waals surface area contributed by atoms with E-state index < -0.39 is 0 Å². The van der Waals surface area contributed by atoms with Gasteiger partial charge >= 0.3 is 0 Å². The Kier molecular flexibility index (Phi) is 3.59. The van der Waals surface area contributed by atoms with Crippen LogP contribution in [0.4, 0.5) is 5.82 Å². The topological polar surface area (TPSA) is 68.2 Å². The van der Waals surface area contributed by atoms with Gasteiger partial charge in [-0.15, -0.1) is 0 Å². The van der Waals surface area contributed by atoms with E-state index in [9.17, 15) is 0 Å². The van der Waals surface area contributed by atoms with Gasteiger partial charge in [-0.3, -0.25) is 0 Å². The molecule has 0 radical (unpaired) electrons. The molecule has 1 aliphatic rings. The summed E-state index contributed by atoms with van der Waals surface area (Å²) >= 11 is 0. The largest absolute Gasteiger partial charge is 0.383 e. The van der Waals surface area contributed by atoms with Crippen LogP contribution in [0, 0.1) is 6.92 Å². The van der Waals surface area contributed by atoms with Gasteiger partial charge in [0.2, 0.25) is 0 Å². The minimum Gasteiger partial charge on any atom is -0.383 e. The van der Waals surface area contributed by atoms with Crippen molar-refractivity contribution >= 4 is 5.82 Å². The summed E-state index contributed by atoms with van der Waals surface area (Å²) in [6, 6.07) is 2.01. The number of nitrogen functional groups attached to an aromatic ring is 1. The van der Waals surface area contributed by atoms with Crippen LogP contribution in [-0.2, 0) is 0 Å². The summed E-state index contributed by atoms with van der Waals surface area (Å²) in [4.78, 5) is 6.51. The highest BCUT2D eigenvalue weighted by Crippen LogP contribution is 2.43. The van der Waals surface area contributed by atoms with E-state index in [4.69, 9.17) is 11.5 Å². The second-order valence-electron chi connectivity index (χ2n) is 5.67. The molecule has 0 saturated heterocycles. The third-order valence-corrected chi connectivity index (χ3v) is 4.36. The molecule has 2 rings (SSSR count). The Labute approximate surface area is 109 Å². The molecule has 4 nitrogen and oxygen atoms in total. The summed E-state index contributed by atoms with van der Waals surface area (Å²) < 4.78 is 0. The first-order chi connectivity index (χ1) is 8.47. The van der Waals surface area contributed by atoms with Crippen molar-refractivity contribution in [2.45, 2.75) is 44.2 Å². The molecule has 1 fully saturated rings. The van der Waals surface area contributed by atoms with Crippen LogP contribution in [0.2, 0.25) is 0 Å². The van der Waals surface area contributed by atoms with Crippen LogP contribution in [0.3, 0.4) is 0 Å². The molecule has 1 heterocycles. The van der Waals surface area contributed by atoms with Crippen molar-refractivity contribution in [1.29, 1.82) is 0 Å². The number of likely N-dealkylation sites (N-methyl/N-ethyl adjacent to an activating group) is 1. The SMILES string of the molecule is Cc1cnc(N)c(C(N)C2(N(C)C)CCCC2)c1. The highest BCUT2D eigenvalue weighted by Gasteiger charge is 2.42. The lowest BCUT2D eigenvalue weighted by molar-refractivity contribution is 0.123. The van der Waals surface area contributed by atoms with Gasteiger partial charge in [0.1, 0.15) is 5.82 Å². The first-order valence-corrected chi connectivity index (χ1v) is 6.62. The quantitative estimate of drug-likeness (QED) is 0.856.